The Labute approximate surface area is 296 Å². The molecule has 0 spiro atoms. The Morgan fingerprint density at radius 1 is 0.745 bits per heavy atom. The number of esters is 5. The smallest absolute Gasteiger partial charge is 0.312 e. The molecular weight excluding hydrogens is 666 g/mol. The Balaban J connectivity index is 1.43. The average Bonchev–Trinajstić information content (AvgIpc) is 3.70. The molecule has 0 bridgehead atoms. The van der Waals surface area contributed by atoms with E-state index in [9.17, 15) is 24.0 Å². The highest BCUT2D eigenvalue weighted by Gasteiger charge is 2.21. The average molecular weight is 714 g/mol. The van der Waals surface area contributed by atoms with Crippen molar-refractivity contribution < 1.29 is 47.7 Å². The Morgan fingerprint density at radius 2 is 1.33 bits per heavy atom. The first kappa shape index (κ1) is 40.2. The first-order valence-electron chi connectivity index (χ1n) is 16.5. The van der Waals surface area contributed by atoms with Crippen molar-refractivity contribution in [2.75, 3.05) is 13.2 Å². The molecule has 0 atom stereocenters. The highest BCUT2D eigenvalue weighted by atomic mass is 16.6. The van der Waals surface area contributed by atoms with Gasteiger partial charge in [-0.25, -0.2) is 4.68 Å². The van der Waals surface area contributed by atoms with Gasteiger partial charge in [0.05, 0.1) is 48.4 Å². The fourth-order valence-electron chi connectivity index (χ4n) is 4.32. The fourth-order valence-corrected chi connectivity index (χ4v) is 4.32. The van der Waals surface area contributed by atoms with Crippen LogP contribution in [0.25, 0.3) is 0 Å². The predicted molar refractivity (Wildman–Crippen MR) is 178 cm³/mol. The Hall–Kier alpha value is -5.22. The van der Waals surface area contributed by atoms with Crippen molar-refractivity contribution in [3.63, 3.8) is 0 Å². The molecule has 0 aliphatic carbocycles. The summed E-state index contributed by atoms with van der Waals surface area (Å²) in [5, 5.41) is 15.8. The number of aryl methyl sites for hydroxylation is 2. The third kappa shape index (κ3) is 14.3. The van der Waals surface area contributed by atoms with E-state index >= 15 is 0 Å². The molecule has 278 valence electrons. The summed E-state index contributed by atoms with van der Waals surface area (Å²) < 4.78 is 29.5. The van der Waals surface area contributed by atoms with Gasteiger partial charge in [0.15, 0.2) is 5.75 Å². The first-order valence-corrected chi connectivity index (χ1v) is 16.5. The van der Waals surface area contributed by atoms with E-state index in [1.807, 2.05) is 41.5 Å². The van der Waals surface area contributed by atoms with E-state index in [1.165, 1.54) is 24.0 Å². The molecule has 0 fully saturated rings. The second-order valence-corrected chi connectivity index (χ2v) is 14.0. The van der Waals surface area contributed by atoms with Crippen molar-refractivity contribution in [1.82, 2.24) is 35.0 Å². The van der Waals surface area contributed by atoms with Gasteiger partial charge in [0, 0.05) is 43.1 Å². The lowest BCUT2D eigenvalue weighted by atomic mass is 9.91. The van der Waals surface area contributed by atoms with Crippen molar-refractivity contribution in [1.29, 1.82) is 0 Å². The SMILES string of the molecule is CC(=O)Oc1c(C)ncc(COC(=O)CCn2cc(CC(=O)OCCOC(=O)Cc3cn(C(C)(C)C)nn3)nn2)c1COC(=O)CCC(C)(C)C. The van der Waals surface area contributed by atoms with E-state index < -0.39 is 29.8 Å². The summed E-state index contributed by atoms with van der Waals surface area (Å²) in [6, 6.07) is 0. The van der Waals surface area contributed by atoms with E-state index in [4.69, 9.17) is 23.7 Å². The van der Waals surface area contributed by atoms with Crippen LogP contribution in [-0.2, 0) is 81.1 Å². The molecule has 0 aromatic carbocycles. The number of pyridine rings is 1. The van der Waals surface area contributed by atoms with E-state index in [2.05, 4.69) is 25.6 Å². The van der Waals surface area contributed by atoms with Gasteiger partial charge in [0.2, 0.25) is 0 Å². The van der Waals surface area contributed by atoms with E-state index in [-0.39, 0.29) is 75.4 Å². The molecule has 3 rings (SSSR count). The minimum absolute atomic E-state index is 0.0498. The topological polar surface area (TPSA) is 206 Å². The van der Waals surface area contributed by atoms with Crippen LogP contribution in [0.5, 0.6) is 5.75 Å². The molecule has 0 aliphatic heterocycles. The molecule has 17 nitrogen and oxygen atoms in total. The Kier molecular flexibility index (Phi) is 14.3. The number of carbonyl (C=O) groups is 5. The third-order valence-corrected chi connectivity index (χ3v) is 7.12. The van der Waals surface area contributed by atoms with Crippen molar-refractivity contribution in [3.05, 3.63) is 46.8 Å². The molecule has 3 aromatic rings. The van der Waals surface area contributed by atoms with Gasteiger partial charge < -0.3 is 23.7 Å². The number of carbonyl (C=O) groups excluding carboxylic acids is 5. The fraction of sp³-hybridized carbons (Fsp3) is 0.588. The molecule has 0 N–H and O–H groups in total. The molecule has 0 unspecified atom stereocenters. The van der Waals surface area contributed by atoms with Gasteiger partial charge in [-0.2, -0.15) is 0 Å². The molecule has 51 heavy (non-hydrogen) atoms. The van der Waals surface area contributed by atoms with Crippen LogP contribution in [0.1, 0.15) is 95.9 Å². The van der Waals surface area contributed by atoms with Crippen LogP contribution >= 0.6 is 0 Å². The summed E-state index contributed by atoms with van der Waals surface area (Å²) in [4.78, 5) is 65.3. The number of rotatable bonds is 17. The quantitative estimate of drug-likeness (QED) is 0.112. The largest absolute Gasteiger partial charge is 0.462 e. The minimum atomic E-state index is -0.596. The number of nitrogens with zero attached hydrogens (tertiary/aromatic N) is 7. The number of aromatic nitrogens is 7. The monoisotopic (exact) mass is 713 g/mol. The second kappa shape index (κ2) is 18.1. The molecule has 3 aromatic heterocycles. The van der Waals surface area contributed by atoms with Crippen LogP contribution in [0.2, 0.25) is 0 Å². The summed E-state index contributed by atoms with van der Waals surface area (Å²) >= 11 is 0. The van der Waals surface area contributed by atoms with Gasteiger partial charge in [0.1, 0.15) is 26.4 Å². The Morgan fingerprint density at radius 3 is 1.92 bits per heavy atom. The van der Waals surface area contributed by atoms with E-state index in [1.54, 1.807) is 17.8 Å². The summed E-state index contributed by atoms with van der Waals surface area (Å²) in [5.74, 6) is -2.53. The van der Waals surface area contributed by atoms with Crippen LogP contribution in [-0.4, -0.2) is 78.0 Å². The number of hydrogen-bond donors (Lipinski definition) is 0. The number of ether oxygens (including phenoxy) is 5. The zero-order valence-electron chi connectivity index (χ0n) is 30.5. The second-order valence-electron chi connectivity index (χ2n) is 14.0. The highest BCUT2D eigenvalue weighted by molar-refractivity contribution is 5.73. The van der Waals surface area contributed by atoms with Gasteiger partial charge in [0.25, 0.3) is 0 Å². The standard InChI is InChI=1S/C34H47N7O10/c1-22-32(51-23(2)42)27(21-50-28(43)9-11-33(3,4)5)24(17-35-22)20-49-29(44)10-12-40-18-25(36-38-40)15-30(45)47-13-14-48-31(46)16-26-19-41(39-37-26)34(6,7)8/h17-19H,9-16,20-21H2,1-8H3. The van der Waals surface area contributed by atoms with Crippen molar-refractivity contribution >= 4 is 29.8 Å². The van der Waals surface area contributed by atoms with Gasteiger partial charge in [-0.3, -0.25) is 33.6 Å². The lowest BCUT2D eigenvalue weighted by molar-refractivity contribution is -0.151. The summed E-state index contributed by atoms with van der Waals surface area (Å²) in [6.45, 7) is 14.3. The Bertz CT molecular complexity index is 1680. The molecule has 17 heteroatoms. The number of hydrogen-bond acceptors (Lipinski definition) is 15. The van der Waals surface area contributed by atoms with Crippen molar-refractivity contribution in [2.45, 2.75) is 113 Å². The summed E-state index contributed by atoms with van der Waals surface area (Å²) in [6.07, 6.45) is 5.19. The summed E-state index contributed by atoms with van der Waals surface area (Å²) in [5.41, 5.74) is 1.67. The van der Waals surface area contributed by atoms with Gasteiger partial charge in [-0.15, -0.1) is 10.2 Å². The lowest BCUT2D eigenvalue weighted by Gasteiger charge is -2.18. The minimum Gasteiger partial charge on any atom is -0.462 e. The van der Waals surface area contributed by atoms with Gasteiger partial charge in [-0.1, -0.05) is 31.2 Å². The summed E-state index contributed by atoms with van der Waals surface area (Å²) in [7, 11) is 0. The van der Waals surface area contributed by atoms with Crippen molar-refractivity contribution in [2.24, 2.45) is 5.41 Å². The maximum Gasteiger partial charge on any atom is 0.312 e. The molecule has 0 aliphatic rings. The first-order chi connectivity index (χ1) is 23.9. The molecule has 0 saturated carbocycles. The van der Waals surface area contributed by atoms with Crippen LogP contribution < -0.4 is 4.74 Å². The van der Waals surface area contributed by atoms with Crippen LogP contribution in [0.3, 0.4) is 0 Å². The normalized spacial score (nSPS) is 11.5. The molecule has 3 heterocycles. The highest BCUT2D eigenvalue weighted by Crippen LogP contribution is 2.28. The van der Waals surface area contributed by atoms with Gasteiger partial charge in [-0.05, 0) is 39.5 Å². The van der Waals surface area contributed by atoms with Crippen LogP contribution in [0.4, 0.5) is 0 Å². The maximum atomic E-state index is 12.6. The molecule has 0 amide bonds. The zero-order chi connectivity index (χ0) is 37.8. The van der Waals surface area contributed by atoms with Crippen molar-refractivity contribution in [3.8, 4) is 5.75 Å². The predicted octanol–water partition coefficient (Wildman–Crippen LogP) is 3.13. The zero-order valence-corrected chi connectivity index (χ0v) is 30.5. The van der Waals surface area contributed by atoms with Gasteiger partial charge >= 0.3 is 29.8 Å². The van der Waals surface area contributed by atoms with E-state index in [0.717, 1.165) is 0 Å². The molecule has 0 radical (unpaired) electrons. The van der Waals surface area contributed by atoms with E-state index in [0.29, 0.717) is 34.6 Å². The van der Waals surface area contributed by atoms with Crippen LogP contribution in [0, 0.1) is 12.3 Å². The molecular formula is C34H47N7O10. The van der Waals surface area contributed by atoms with Crippen LogP contribution in [0.15, 0.2) is 18.6 Å². The lowest BCUT2D eigenvalue weighted by Crippen LogP contribution is -2.22. The molecule has 0 saturated heterocycles. The maximum absolute atomic E-state index is 12.6. The third-order valence-electron chi connectivity index (χ3n) is 7.12.